The van der Waals surface area contributed by atoms with Gasteiger partial charge in [0.2, 0.25) is 0 Å². The van der Waals surface area contributed by atoms with Gasteiger partial charge >= 0.3 is 14.5 Å². The minimum absolute atomic E-state index is 0.178. The highest BCUT2D eigenvalue weighted by molar-refractivity contribution is 6.81. The Bertz CT molecular complexity index is 452. The summed E-state index contributed by atoms with van der Waals surface area (Å²) in [6.45, 7) is 4.64. The maximum absolute atomic E-state index is 11.2. The fourth-order valence-corrected chi connectivity index (χ4v) is 4.37. The lowest BCUT2D eigenvalue weighted by molar-refractivity contribution is -0.138. The summed E-state index contributed by atoms with van der Waals surface area (Å²) in [4.78, 5) is 11.2. The van der Waals surface area contributed by atoms with Gasteiger partial charge in [0.15, 0.2) is 0 Å². The summed E-state index contributed by atoms with van der Waals surface area (Å²) < 4.78 is 16.8. The Kier molecular flexibility index (Phi) is 7.92. The zero-order valence-electron chi connectivity index (χ0n) is 12.6. The molecular weight excluding hydrogens is 286 g/mol. The number of ether oxygens (including phenoxy) is 1. The Morgan fingerprint density at radius 2 is 1.95 bits per heavy atom. The molecule has 1 aromatic rings. The van der Waals surface area contributed by atoms with Crippen LogP contribution in [0.5, 0.6) is 0 Å². The minimum atomic E-state index is -2.67. The van der Waals surface area contributed by atoms with Gasteiger partial charge < -0.3 is 19.3 Å². The molecule has 0 heterocycles. The first-order valence-electron chi connectivity index (χ1n) is 7.01. The Labute approximate surface area is 126 Å². The number of nitrogens with two attached hydrogens (primary N) is 1. The van der Waals surface area contributed by atoms with Crippen LogP contribution in [-0.2, 0) is 18.4 Å². The fraction of sp³-hybridized carbons (Fsp3) is 0.400. The molecule has 116 valence electrons. The smallest absolute Gasteiger partial charge is 0.386 e. The summed E-state index contributed by atoms with van der Waals surface area (Å²) in [5.41, 5.74) is 5.91. The second kappa shape index (κ2) is 9.46. The highest BCUT2D eigenvalue weighted by Gasteiger charge is 2.38. The molecule has 0 fully saturated rings. The summed E-state index contributed by atoms with van der Waals surface area (Å²) >= 11 is 0. The van der Waals surface area contributed by atoms with E-state index in [-0.39, 0.29) is 19.2 Å². The Morgan fingerprint density at radius 1 is 1.24 bits per heavy atom. The number of esters is 1. The predicted molar refractivity (Wildman–Crippen MR) is 84.2 cm³/mol. The number of rotatable bonds is 9. The van der Waals surface area contributed by atoms with E-state index < -0.39 is 8.56 Å². The van der Waals surface area contributed by atoms with Crippen LogP contribution in [0.25, 0.3) is 0 Å². The lowest BCUT2D eigenvalue weighted by atomic mass is 10.4. The summed E-state index contributed by atoms with van der Waals surface area (Å²) in [6, 6.07) is 9.72. The average Bonchev–Trinajstić information content (AvgIpc) is 2.51. The molecule has 0 radical (unpaired) electrons. The Balaban J connectivity index is 2.65. The summed E-state index contributed by atoms with van der Waals surface area (Å²) in [6.07, 6.45) is 3.31. The summed E-state index contributed by atoms with van der Waals surface area (Å²) in [5.74, 6) is -0.378. The van der Waals surface area contributed by atoms with Gasteiger partial charge in [0.05, 0.1) is 6.61 Å². The number of hydrogen-bond acceptors (Lipinski definition) is 5. The van der Waals surface area contributed by atoms with Gasteiger partial charge in [0.25, 0.3) is 0 Å². The first-order chi connectivity index (χ1) is 10.2. The molecule has 2 N–H and O–H groups in total. The third-order valence-electron chi connectivity index (χ3n) is 2.83. The van der Waals surface area contributed by atoms with Gasteiger partial charge in [-0.3, -0.25) is 0 Å². The van der Waals surface area contributed by atoms with E-state index in [1.807, 2.05) is 37.3 Å². The molecule has 1 atom stereocenters. The Hall–Kier alpha value is -1.47. The third-order valence-corrected chi connectivity index (χ3v) is 6.00. The molecule has 1 rings (SSSR count). The molecule has 0 bridgehead atoms. The molecule has 0 spiro atoms. The van der Waals surface area contributed by atoms with Gasteiger partial charge in [-0.1, -0.05) is 36.4 Å². The molecule has 5 nitrogen and oxygen atoms in total. The quantitative estimate of drug-likeness (QED) is 0.319. The molecule has 0 saturated heterocycles. The molecule has 0 aliphatic rings. The van der Waals surface area contributed by atoms with Gasteiger partial charge in [-0.05, 0) is 19.0 Å². The van der Waals surface area contributed by atoms with Gasteiger partial charge in [0, 0.05) is 18.9 Å². The van der Waals surface area contributed by atoms with E-state index in [1.165, 1.54) is 6.08 Å². The first kappa shape index (κ1) is 17.6. The van der Waals surface area contributed by atoms with Crippen LogP contribution < -0.4 is 10.9 Å². The molecule has 0 amide bonds. The van der Waals surface area contributed by atoms with Crippen molar-refractivity contribution in [1.82, 2.24) is 0 Å². The molecular formula is C15H23NO4Si. The minimum Gasteiger partial charge on any atom is -0.460 e. The van der Waals surface area contributed by atoms with Crippen LogP contribution >= 0.6 is 0 Å². The molecule has 6 heteroatoms. The van der Waals surface area contributed by atoms with E-state index in [1.54, 1.807) is 13.0 Å². The summed E-state index contributed by atoms with van der Waals surface area (Å²) in [7, 11) is -2.67. The van der Waals surface area contributed by atoms with Crippen LogP contribution in [0.15, 0.2) is 42.5 Å². The number of hydrogen-bond donors (Lipinski definition) is 1. The average molecular weight is 309 g/mol. The second-order valence-corrected chi connectivity index (χ2v) is 7.34. The standard InChI is InChI=1S/C15H23NO4Si/c1-3-8-15(17)18-11-12-20-21(13-16,19-4-2)14-9-6-5-7-10-14/h3,5-10H,4,11-13,16H2,1-2H3. The summed E-state index contributed by atoms with van der Waals surface area (Å²) in [5, 5.41) is 0.981. The van der Waals surface area contributed by atoms with Crippen LogP contribution in [0.1, 0.15) is 13.8 Å². The van der Waals surface area contributed by atoms with E-state index in [0.29, 0.717) is 12.8 Å². The lowest BCUT2D eigenvalue weighted by Crippen LogP contribution is -2.60. The monoisotopic (exact) mass is 309 g/mol. The van der Waals surface area contributed by atoms with Crippen molar-refractivity contribution in [2.45, 2.75) is 13.8 Å². The molecule has 1 aromatic carbocycles. The van der Waals surface area contributed by atoms with Crippen LogP contribution in [0.2, 0.25) is 0 Å². The van der Waals surface area contributed by atoms with E-state index in [2.05, 4.69) is 0 Å². The Morgan fingerprint density at radius 3 is 2.52 bits per heavy atom. The molecule has 1 unspecified atom stereocenters. The van der Waals surface area contributed by atoms with E-state index in [4.69, 9.17) is 19.3 Å². The second-order valence-electron chi connectivity index (χ2n) is 4.27. The van der Waals surface area contributed by atoms with Crippen molar-refractivity contribution in [3.8, 4) is 0 Å². The molecule has 21 heavy (non-hydrogen) atoms. The third kappa shape index (κ3) is 5.43. The maximum atomic E-state index is 11.2. The van der Waals surface area contributed by atoms with E-state index in [0.717, 1.165) is 5.19 Å². The van der Waals surface area contributed by atoms with Crippen molar-refractivity contribution in [2.24, 2.45) is 5.73 Å². The van der Waals surface area contributed by atoms with Gasteiger partial charge in [0.1, 0.15) is 6.61 Å². The van der Waals surface area contributed by atoms with Crippen molar-refractivity contribution in [1.29, 1.82) is 0 Å². The van der Waals surface area contributed by atoms with Crippen LogP contribution in [-0.4, -0.2) is 40.5 Å². The molecule has 0 aliphatic carbocycles. The lowest BCUT2D eigenvalue weighted by Gasteiger charge is -2.29. The molecule has 0 saturated carbocycles. The number of carbonyl (C=O) groups is 1. The highest BCUT2D eigenvalue weighted by Crippen LogP contribution is 2.07. The zero-order valence-corrected chi connectivity index (χ0v) is 13.6. The van der Waals surface area contributed by atoms with Crippen LogP contribution in [0.3, 0.4) is 0 Å². The molecule has 0 aliphatic heterocycles. The van der Waals surface area contributed by atoms with Crippen LogP contribution in [0.4, 0.5) is 0 Å². The predicted octanol–water partition coefficient (Wildman–Crippen LogP) is 1.01. The van der Waals surface area contributed by atoms with Crippen molar-refractivity contribution in [3.05, 3.63) is 42.5 Å². The van der Waals surface area contributed by atoms with Gasteiger partial charge in [-0.15, -0.1) is 0 Å². The van der Waals surface area contributed by atoms with Gasteiger partial charge in [-0.25, -0.2) is 4.79 Å². The number of carbonyl (C=O) groups excluding carboxylic acids is 1. The maximum Gasteiger partial charge on any atom is 0.386 e. The SMILES string of the molecule is CC=CC(=O)OCCO[Si](CN)(OCC)c1ccccc1. The normalized spacial score (nSPS) is 14.0. The molecule has 0 aromatic heterocycles. The largest absolute Gasteiger partial charge is 0.460 e. The zero-order chi connectivity index (χ0) is 15.6. The topological polar surface area (TPSA) is 70.8 Å². The fourth-order valence-electron chi connectivity index (χ4n) is 1.90. The van der Waals surface area contributed by atoms with Crippen molar-refractivity contribution in [3.63, 3.8) is 0 Å². The number of allylic oxidation sites excluding steroid dienone is 1. The van der Waals surface area contributed by atoms with E-state index >= 15 is 0 Å². The number of benzene rings is 1. The van der Waals surface area contributed by atoms with Crippen molar-refractivity contribution in [2.75, 3.05) is 26.0 Å². The van der Waals surface area contributed by atoms with Crippen molar-refractivity contribution < 1.29 is 18.4 Å². The van der Waals surface area contributed by atoms with Gasteiger partial charge in [-0.2, -0.15) is 0 Å². The van der Waals surface area contributed by atoms with Crippen LogP contribution in [0, 0.1) is 0 Å². The first-order valence-corrected chi connectivity index (χ1v) is 9.04. The van der Waals surface area contributed by atoms with E-state index in [9.17, 15) is 4.79 Å². The highest BCUT2D eigenvalue weighted by atomic mass is 28.4. The van der Waals surface area contributed by atoms with Crippen molar-refractivity contribution >= 4 is 19.7 Å².